The average molecular weight is 350 g/mol. The zero-order chi connectivity index (χ0) is 17.8. The Bertz CT molecular complexity index is 866. The lowest BCUT2D eigenvalue weighted by Gasteiger charge is -2.15. The summed E-state index contributed by atoms with van der Waals surface area (Å²) in [7, 11) is 0. The number of rotatable bonds is 6. The van der Waals surface area contributed by atoms with Crippen LogP contribution in [-0.2, 0) is 17.8 Å². The second-order valence-corrected chi connectivity index (χ2v) is 6.64. The summed E-state index contributed by atoms with van der Waals surface area (Å²) in [6, 6.07) is 9.60. The molecule has 134 valence electrons. The highest BCUT2D eigenvalue weighted by molar-refractivity contribution is 5.78. The number of amides is 1. The Morgan fingerprint density at radius 2 is 2.12 bits per heavy atom. The molecule has 26 heavy (non-hydrogen) atoms. The van der Waals surface area contributed by atoms with Crippen molar-refractivity contribution in [2.75, 3.05) is 0 Å². The van der Waals surface area contributed by atoms with Gasteiger partial charge in [-0.1, -0.05) is 12.1 Å². The van der Waals surface area contributed by atoms with Gasteiger partial charge in [0.05, 0.1) is 12.1 Å². The number of aromatic nitrogens is 3. The van der Waals surface area contributed by atoms with E-state index in [1.807, 2.05) is 47.1 Å². The molecule has 1 amide bonds. The SMILES string of the molecule is O=C(Cc1cn2ccccc2n1)NCc1cccnc1OC1CCCC1. The van der Waals surface area contributed by atoms with Crippen molar-refractivity contribution in [3.63, 3.8) is 0 Å². The van der Waals surface area contributed by atoms with Crippen molar-refractivity contribution in [2.24, 2.45) is 0 Å². The molecule has 0 spiro atoms. The van der Waals surface area contributed by atoms with Crippen molar-refractivity contribution in [2.45, 2.75) is 44.8 Å². The van der Waals surface area contributed by atoms with Crippen LogP contribution in [0.25, 0.3) is 5.65 Å². The van der Waals surface area contributed by atoms with E-state index in [0.29, 0.717) is 12.4 Å². The van der Waals surface area contributed by atoms with Gasteiger partial charge in [0.15, 0.2) is 0 Å². The molecule has 0 radical (unpaired) electrons. The van der Waals surface area contributed by atoms with Gasteiger partial charge in [-0.15, -0.1) is 0 Å². The summed E-state index contributed by atoms with van der Waals surface area (Å²) in [5, 5.41) is 2.95. The number of carbonyl (C=O) groups excluding carboxylic acids is 1. The molecule has 0 saturated heterocycles. The fourth-order valence-corrected chi connectivity index (χ4v) is 3.32. The van der Waals surface area contributed by atoms with Crippen LogP contribution in [0.5, 0.6) is 5.88 Å². The Balaban J connectivity index is 1.36. The molecule has 1 N–H and O–H groups in total. The Labute approximate surface area is 152 Å². The third kappa shape index (κ3) is 3.85. The van der Waals surface area contributed by atoms with Crippen LogP contribution in [0.3, 0.4) is 0 Å². The summed E-state index contributed by atoms with van der Waals surface area (Å²) >= 11 is 0. The highest BCUT2D eigenvalue weighted by atomic mass is 16.5. The molecule has 1 aliphatic carbocycles. The van der Waals surface area contributed by atoms with Crippen LogP contribution in [-0.4, -0.2) is 26.4 Å². The minimum Gasteiger partial charge on any atom is -0.474 e. The van der Waals surface area contributed by atoms with Crippen molar-refractivity contribution >= 4 is 11.6 Å². The van der Waals surface area contributed by atoms with Gasteiger partial charge in [-0.2, -0.15) is 0 Å². The molecule has 4 rings (SSSR count). The van der Waals surface area contributed by atoms with E-state index in [4.69, 9.17) is 4.74 Å². The first kappa shape index (κ1) is 16.6. The van der Waals surface area contributed by atoms with Crippen LogP contribution < -0.4 is 10.1 Å². The zero-order valence-corrected chi connectivity index (χ0v) is 14.6. The van der Waals surface area contributed by atoms with Crippen LogP contribution >= 0.6 is 0 Å². The number of hydrogen-bond donors (Lipinski definition) is 1. The first-order valence-electron chi connectivity index (χ1n) is 9.08. The fourth-order valence-electron chi connectivity index (χ4n) is 3.32. The summed E-state index contributed by atoms with van der Waals surface area (Å²) in [5.74, 6) is 0.566. The third-order valence-corrected chi connectivity index (χ3v) is 4.66. The average Bonchev–Trinajstić information content (AvgIpc) is 3.30. The Hall–Kier alpha value is -2.89. The molecule has 3 heterocycles. The first-order chi connectivity index (χ1) is 12.8. The molecule has 0 atom stereocenters. The first-order valence-corrected chi connectivity index (χ1v) is 9.08. The molecular weight excluding hydrogens is 328 g/mol. The maximum Gasteiger partial charge on any atom is 0.226 e. The molecule has 0 bridgehead atoms. The molecule has 6 nitrogen and oxygen atoms in total. The van der Waals surface area contributed by atoms with Crippen LogP contribution in [0.2, 0.25) is 0 Å². The van der Waals surface area contributed by atoms with Crippen molar-refractivity contribution in [1.82, 2.24) is 19.7 Å². The number of pyridine rings is 2. The summed E-state index contributed by atoms with van der Waals surface area (Å²) in [6.45, 7) is 0.405. The van der Waals surface area contributed by atoms with Crippen LogP contribution in [0.15, 0.2) is 48.9 Å². The second-order valence-electron chi connectivity index (χ2n) is 6.64. The summed E-state index contributed by atoms with van der Waals surface area (Å²) in [5.41, 5.74) is 2.50. The van der Waals surface area contributed by atoms with Crippen molar-refractivity contribution in [1.29, 1.82) is 0 Å². The zero-order valence-electron chi connectivity index (χ0n) is 14.6. The molecule has 1 aliphatic rings. The number of hydrogen-bond acceptors (Lipinski definition) is 4. The largest absolute Gasteiger partial charge is 0.474 e. The van der Waals surface area contributed by atoms with E-state index in [-0.39, 0.29) is 18.4 Å². The van der Waals surface area contributed by atoms with Gasteiger partial charge in [0.1, 0.15) is 11.8 Å². The van der Waals surface area contributed by atoms with Crippen molar-refractivity contribution in [3.8, 4) is 5.88 Å². The molecular formula is C20H22N4O2. The molecule has 0 unspecified atom stereocenters. The number of nitrogens with one attached hydrogen (secondary N) is 1. The van der Waals surface area contributed by atoms with Gasteiger partial charge in [0.25, 0.3) is 0 Å². The van der Waals surface area contributed by atoms with Gasteiger partial charge < -0.3 is 14.5 Å². The lowest BCUT2D eigenvalue weighted by molar-refractivity contribution is -0.120. The van der Waals surface area contributed by atoms with Gasteiger partial charge in [-0.05, 0) is 43.9 Å². The molecule has 3 aromatic heterocycles. The smallest absolute Gasteiger partial charge is 0.226 e. The monoisotopic (exact) mass is 350 g/mol. The topological polar surface area (TPSA) is 68.5 Å². The highest BCUT2D eigenvalue weighted by Gasteiger charge is 2.18. The number of ether oxygens (including phenoxy) is 1. The quantitative estimate of drug-likeness (QED) is 0.742. The lowest BCUT2D eigenvalue weighted by atomic mass is 10.2. The van der Waals surface area contributed by atoms with Gasteiger partial charge >= 0.3 is 0 Å². The number of carbonyl (C=O) groups is 1. The Morgan fingerprint density at radius 3 is 2.96 bits per heavy atom. The maximum atomic E-state index is 12.3. The molecule has 1 fully saturated rings. The van der Waals surface area contributed by atoms with Crippen molar-refractivity contribution < 1.29 is 9.53 Å². The van der Waals surface area contributed by atoms with E-state index in [1.165, 1.54) is 12.8 Å². The van der Waals surface area contributed by atoms with E-state index in [2.05, 4.69) is 15.3 Å². The third-order valence-electron chi connectivity index (χ3n) is 4.66. The minimum atomic E-state index is -0.0657. The number of fused-ring (bicyclic) bond motifs is 1. The molecule has 0 aromatic carbocycles. The highest BCUT2D eigenvalue weighted by Crippen LogP contribution is 2.24. The molecule has 6 heteroatoms. The van der Waals surface area contributed by atoms with Crippen LogP contribution in [0.4, 0.5) is 0 Å². The molecule has 0 aliphatic heterocycles. The normalized spacial score (nSPS) is 14.6. The summed E-state index contributed by atoms with van der Waals surface area (Å²) in [4.78, 5) is 21.1. The van der Waals surface area contributed by atoms with Gasteiger partial charge in [-0.25, -0.2) is 9.97 Å². The molecule has 1 saturated carbocycles. The second kappa shape index (κ2) is 7.56. The van der Waals surface area contributed by atoms with Gasteiger partial charge in [-0.3, -0.25) is 4.79 Å². The maximum absolute atomic E-state index is 12.3. The van der Waals surface area contributed by atoms with Crippen LogP contribution in [0.1, 0.15) is 36.9 Å². The van der Waals surface area contributed by atoms with Gasteiger partial charge in [0, 0.05) is 30.7 Å². The van der Waals surface area contributed by atoms with Crippen LogP contribution in [0, 0.1) is 0 Å². The summed E-state index contributed by atoms with van der Waals surface area (Å²) < 4.78 is 7.93. The predicted octanol–water partition coefficient (Wildman–Crippen LogP) is 2.91. The minimum absolute atomic E-state index is 0.0657. The Kier molecular flexibility index (Phi) is 4.82. The Morgan fingerprint density at radius 1 is 1.23 bits per heavy atom. The standard InChI is InChI=1S/C20H22N4O2/c25-19(12-16-14-24-11-4-3-9-18(24)23-16)22-13-15-6-5-10-21-20(15)26-17-7-1-2-8-17/h3-6,9-11,14,17H,1-2,7-8,12-13H2,(H,22,25). The summed E-state index contributed by atoms with van der Waals surface area (Å²) in [6.07, 6.45) is 10.6. The van der Waals surface area contributed by atoms with E-state index < -0.39 is 0 Å². The fraction of sp³-hybridized carbons (Fsp3) is 0.350. The van der Waals surface area contributed by atoms with Crippen molar-refractivity contribution in [3.05, 3.63) is 60.2 Å². The van der Waals surface area contributed by atoms with E-state index in [0.717, 1.165) is 29.7 Å². The lowest BCUT2D eigenvalue weighted by Crippen LogP contribution is -2.25. The predicted molar refractivity (Wildman–Crippen MR) is 97.9 cm³/mol. The number of nitrogens with zero attached hydrogens (tertiary/aromatic N) is 3. The van der Waals surface area contributed by atoms with E-state index >= 15 is 0 Å². The van der Waals surface area contributed by atoms with E-state index in [1.54, 1.807) is 6.20 Å². The number of imidazole rings is 1. The molecule has 3 aromatic rings. The van der Waals surface area contributed by atoms with Gasteiger partial charge in [0.2, 0.25) is 11.8 Å². The van der Waals surface area contributed by atoms with E-state index in [9.17, 15) is 4.79 Å².